The minimum Gasteiger partial charge on any atom is -0.495 e. The Labute approximate surface area is 190 Å². The van der Waals surface area contributed by atoms with E-state index in [4.69, 9.17) is 9.26 Å². The molecule has 0 spiro atoms. The first kappa shape index (κ1) is 21.6. The molecule has 0 saturated carbocycles. The molecule has 8 nitrogen and oxygen atoms in total. The second-order valence-electron chi connectivity index (χ2n) is 7.19. The van der Waals surface area contributed by atoms with E-state index in [-0.39, 0.29) is 12.3 Å². The van der Waals surface area contributed by atoms with Crippen LogP contribution in [0.5, 0.6) is 5.75 Å². The number of amides is 1. The summed E-state index contributed by atoms with van der Waals surface area (Å²) in [6, 6.07) is 13.5. The summed E-state index contributed by atoms with van der Waals surface area (Å²) in [6.07, 6.45) is 3.70. The number of aryl methyl sites for hydroxylation is 2. The highest BCUT2D eigenvalue weighted by atomic mass is 32.2. The molecule has 0 aliphatic heterocycles. The highest BCUT2D eigenvalue weighted by Gasteiger charge is 2.15. The van der Waals surface area contributed by atoms with Crippen molar-refractivity contribution in [1.82, 2.24) is 19.7 Å². The van der Waals surface area contributed by atoms with E-state index < -0.39 is 0 Å². The Morgan fingerprint density at radius 3 is 2.88 bits per heavy atom. The van der Waals surface area contributed by atoms with Crippen molar-refractivity contribution in [3.05, 3.63) is 77.7 Å². The number of nitrogens with zero attached hydrogens (tertiary/aromatic N) is 4. The van der Waals surface area contributed by atoms with Crippen LogP contribution in [0.15, 0.2) is 64.5 Å². The summed E-state index contributed by atoms with van der Waals surface area (Å²) in [5.74, 6) is 1.55. The number of anilines is 1. The van der Waals surface area contributed by atoms with Crippen LogP contribution in [-0.2, 0) is 17.0 Å². The number of hydrogen-bond donors (Lipinski definition) is 1. The summed E-state index contributed by atoms with van der Waals surface area (Å²) in [5.41, 5.74) is 4.06. The zero-order chi connectivity index (χ0) is 22.5. The number of thioether (sulfide) groups is 1. The van der Waals surface area contributed by atoms with Crippen molar-refractivity contribution in [2.75, 3.05) is 12.4 Å². The number of nitrogens with one attached hydrogen (secondary N) is 1. The van der Waals surface area contributed by atoms with Gasteiger partial charge in [0, 0.05) is 12.4 Å². The fourth-order valence-corrected chi connectivity index (χ4v) is 4.09. The molecule has 9 heteroatoms. The molecule has 0 atom stereocenters. The van der Waals surface area contributed by atoms with Crippen LogP contribution in [0, 0.1) is 13.8 Å². The van der Waals surface area contributed by atoms with E-state index in [1.54, 1.807) is 25.4 Å². The fourth-order valence-electron chi connectivity index (χ4n) is 3.29. The van der Waals surface area contributed by atoms with E-state index in [1.807, 2.05) is 22.9 Å². The van der Waals surface area contributed by atoms with Crippen LogP contribution in [-0.4, -0.2) is 32.7 Å². The quantitative estimate of drug-likeness (QED) is 0.400. The largest absolute Gasteiger partial charge is 0.495 e. The molecule has 0 saturated heterocycles. The molecule has 164 valence electrons. The van der Waals surface area contributed by atoms with Gasteiger partial charge < -0.3 is 14.6 Å². The molecule has 0 radical (unpaired) electrons. The molecule has 4 aromatic rings. The number of methoxy groups -OCH3 is 1. The second kappa shape index (κ2) is 9.69. The van der Waals surface area contributed by atoms with Crippen molar-refractivity contribution in [3.63, 3.8) is 0 Å². The highest BCUT2D eigenvalue weighted by Crippen LogP contribution is 2.26. The number of carbonyl (C=O) groups excluding carboxylic acids is 1. The summed E-state index contributed by atoms with van der Waals surface area (Å²) in [4.78, 5) is 21.1. The number of ether oxygens (including phenoxy) is 1. The number of carbonyl (C=O) groups is 1. The van der Waals surface area contributed by atoms with Crippen LogP contribution in [0.3, 0.4) is 0 Å². The van der Waals surface area contributed by atoms with E-state index >= 15 is 0 Å². The lowest BCUT2D eigenvalue weighted by Gasteiger charge is -2.10. The number of rotatable bonds is 8. The van der Waals surface area contributed by atoms with Gasteiger partial charge in [0.2, 0.25) is 11.8 Å². The van der Waals surface area contributed by atoms with Gasteiger partial charge >= 0.3 is 0 Å². The lowest BCUT2D eigenvalue weighted by Crippen LogP contribution is -2.15. The standard InChI is InChI=1S/C23H23N5O3S/c1-15-8-9-18(16(2)12-15)28-11-10-24-23(28)32-14-22-26-20(27-31-22)13-21(29)25-17-6-4-5-7-19(17)30-3/h4-12H,13-14H2,1-3H3,(H,25,29). The highest BCUT2D eigenvalue weighted by molar-refractivity contribution is 7.98. The van der Waals surface area contributed by atoms with Crippen molar-refractivity contribution in [2.24, 2.45) is 0 Å². The normalized spacial score (nSPS) is 10.8. The lowest BCUT2D eigenvalue weighted by molar-refractivity contribution is -0.115. The average molecular weight is 450 g/mol. The Morgan fingerprint density at radius 2 is 2.06 bits per heavy atom. The predicted molar refractivity (Wildman–Crippen MR) is 122 cm³/mol. The SMILES string of the molecule is COc1ccccc1NC(=O)Cc1noc(CSc2nccn2-c2ccc(C)cc2C)n1. The van der Waals surface area contributed by atoms with Crippen LogP contribution in [0.25, 0.3) is 5.69 Å². The Balaban J connectivity index is 1.37. The molecule has 0 fully saturated rings. The zero-order valence-electron chi connectivity index (χ0n) is 18.0. The van der Waals surface area contributed by atoms with E-state index in [2.05, 4.69) is 52.5 Å². The van der Waals surface area contributed by atoms with Crippen molar-refractivity contribution in [3.8, 4) is 11.4 Å². The molecular formula is C23H23N5O3S. The molecule has 0 aliphatic rings. The molecule has 1 amide bonds. The van der Waals surface area contributed by atoms with Gasteiger partial charge in [-0.2, -0.15) is 4.98 Å². The summed E-state index contributed by atoms with van der Waals surface area (Å²) >= 11 is 1.49. The van der Waals surface area contributed by atoms with E-state index in [0.29, 0.717) is 28.9 Å². The molecule has 2 heterocycles. The van der Waals surface area contributed by atoms with Gasteiger partial charge in [-0.3, -0.25) is 9.36 Å². The third kappa shape index (κ3) is 5.00. The molecule has 1 N–H and O–H groups in total. The Bertz CT molecular complexity index is 1230. The average Bonchev–Trinajstić information content (AvgIpc) is 3.42. The minimum absolute atomic E-state index is 0.00338. The monoisotopic (exact) mass is 449 g/mol. The fraction of sp³-hybridized carbons (Fsp3) is 0.217. The third-order valence-electron chi connectivity index (χ3n) is 4.75. The molecule has 2 aromatic carbocycles. The summed E-state index contributed by atoms with van der Waals surface area (Å²) < 4.78 is 12.6. The van der Waals surface area contributed by atoms with Gasteiger partial charge in [0.1, 0.15) is 5.75 Å². The Morgan fingerprint density at radius 1 is 1.22 bits per heavy atom. The maximum atomic E-state index is 12.4. The molecular weight excluding hydrogens is 426 g/mol. The lowest BCUT2D eigenvalue weighted by atomic mass is 10.1. The maximum absolute atomic E-state index is 12.4. The summed E-state index contributed by atoms with van der Waals surface area (Å²) in [6.45, 7) is 4.15. The molecule has 4 rings (SSSR count). The zero-order valence-corrected chi connectivity index (χ0v) is 18.8. The Kier molecular flexibility index (Phi) is 6.55. The van der Waals surface area contributed by atoms with Gasteiger partial charge in [-0.15, -0.1) is 0 Å². The number of hydrogen-bond acceptors (Lipinski definition) is 7. The van der Waals surface area contributed by atoms with Crippen molar-refractivity contribution in [1.29, 1.82) is 0 Å². The van der Waals surface area contributed by atoms with Gasteiger partial charge in [0.25, 0.3) is 0 Å². The smallest absolute Gasteiger partial charge is 0.237 e. The molecule has 32 heavy (non-hydrogen) atoms. The van der Waals surface area contributed by atoms with Gasteiger partial charge in [-0.25, -0.2) is 4.98 Å². The van der Waals surface area contributed by atoms with Crippen LogP contribution in [0.4, 0.5) is 5.69 Å². The van der Waals surface area contributed by atoms with Gasteiger partial charge in [0.05, 0.1) is 30.7 Å². The molecule has 2 aromatic heterocycles. The van der Waals surface area contributed by atoms with Crippen LogP contribution >= 0.6 is 11.8 Å². The number of benzene rings is 2. The second-order valence-corrected chi connectivity index (χ2v) is 8.13. The van der Waals surface area contributed by atoms with Crippen molar-refractivity contribution < 1.29 is 14.1 Å². The van der Waals surface area contributed by atoms with Crippen LogP contribution < -0.4 is 10.1 Å². The first-order valence-electron chi connectivity index (χ1n) is 10.0. The van der Waals surface area contributed by atoms with Crippen molar-refractivity contribution >= 4 is 23.4 Å². The molecule has 0 bridgehead atoms. The van der Waals surface area contributed by atoms with Crippen LogP contribution in [0.2, 0.25) is 0 Å². The van der Waals surface area contributed by atoms with Gasteiger partial charge in [-0.1, -0.05) is 46.7 Å². The summed E-state index contributed by atoms with van der Waals surface area (Å²) in [5, 5.41) is 7.55. The van der Waals surface area contributed by atoms with E-state index in [1.165, 1.54) is 22.9 Å². The molecule has 0 aliphatic carbocycles. The topological polar surface area (TPSA) is 95.1 Å². The number of aromatic nitrogens is 4. The first-order chi connectivity index (χ1) is 15.5. The molecule has 0 unspecified atom stereocenters. The first-order valence-corrected chi connectivity index (χ1v) is 11.0. The van der Waals surface area contributed by atoms with Gasteiger partial charge in [-0.05, 0) is 37.6 Å². The summed E-state index contributed by atoms with van der Waals surface area (Å²) in [7, 11) is 1.56. The maximum Gasteiger partial charge on any atom is 0.237 e. The van der Waals surface area contributed by atoms with E-state index in [0.717, 1.165) is 10.8 Å². The van der Waals surface area contributed by atoms with Crippen molar-refractivity contribution in [2.45, 2.75) is 31.2 Å². The Hall–Kier alpha value is -3.59. The van der Waals surface area contributed by atoms with Gasteiger partial charge in [0.15, 0.2) is 11.0 Å². The van der Waals surface area contributed by atoms with E-state index in [9.17, 15) is 4.79 Å². The van der Waals surface area contributed by atoms with Crippen LogP contribution in [0.1, 0.15) is 22.8 Å². The number of imidazole rings is 1. The number of para-hydroxylation sites is 2. The minimum atomic E-state index is -0.250. The third-order valence-corrected chi connectivity index (χ3v) is 5.70. The predicted octanol–water partition coefficient (Wildman–Crippen LogP) is 4.35.